The molecule has 2 aromatic rings. The number of aryl methyl sites for hydroxylation is 2. The van der Waals surface area contributed by atoms with Gasteiger partial charge < -0.3 is 0 Å². The molecule has 1 aliphatic rings. The SMILES string of the molecule is CCCCCCC1(CCCCCC)c2cc(C)ccc2-c2sc(C)cc21. The van der Waals surface area contributed by atoms with E-state index >= 15 is 0 Å². The molecule has 0 unspecified atom stereocenters. The van der Waals surface area contributed by atoms with Crippen molar-refractivity contribution in [2.24, 2.45) is 0 Å². The van der Waals surface area contributed by atoms with Gasteiger partial charge in [-0.1, -0.05) is 89.0 Å². The van der Waals surface area contributed by atoms with E-state index in [0.29, 0.717) is 0 Å². The van der Waals surface area contributed by atoms with Crippen molar-refractivity contribution >= 4 is 11.3 Å². The maximum Gasteiger partial charge on any atom is 0.0389 e. The standard InChI is InChI=1S/C25H36S/c1-5-7-9-11-15-25(16-12-10-8-6-2)22-17-19(3)13-14-21(22)24-23(25)18-20(4)26-24/h13-14,17-18H,5-12,15-16H2,1-4H3. The lowest BCUT2D eigenvalue weighted by Gasteiger charge is -2.32. The minimum absolute atomic E-state index is 0.281. The van der Waals surface area contributed by atoms with Gasteiger partial charge in [0.15, 0.2) is 0 Å². The second kappa shape index (κ2) is 8.74. The largest absolute Gasteiger partial charge is 0.140 e. The molecule has 0 atom stereocenters. The van der Waals surface area contributed by atoms with Crippen molar-refractivity contribution in [1.82, 2.24) is 0 Å². The van der Waals surface area contributed by atoms with Gasteiger partial charge in [-0.05, 0) is 49.4 Å². The second-order valence-corrected chi connectivity index (χ2v) is 9.61. The highest BCUT2D eigenvalue weighted by molar-refractivity contribution is 7.15. The first kappa shape index (κ1) is 19.7. The fraction of sp³-hybridized carbons (Fsp3) is 0.600. The van der Waals surface area contributed by atoms with E-state index in [9.17, 15) is 0 Å². The Bertz CT molecular complexity index is 710. The monoisotopic (exact) mass is 368 g/mol. The molecule has 1 heterocycles. The fourth-order valence-electron chi connectivity index (χ4n) is 4.84. The van der Waals surface area contributed by atoms with Crippen LogP contribution in [-0.2, 0) is 5.41 Å². The van der Waals surface area contributed by atoms with Crippen molar-refractivity contribution in [2.75, 3.05) is 0 Å². The maximum atomic E-state index is 2.52. The average molecular weight is 369 g/mol. The second-order valence-electron chi connectivity index (χ2n) is 8.35. The third-order valence-electron chi connectivity index (χ3n) is 6.22. The summed E-state index contributed by atoms with van der Waals surface area (Å²) in [5, 5.41) is 0. The third kappa shape index (κ3) is 3.79. The molecule has 142 valence electrons. The van der Waals surface area contributed by atoms with Crippen LogP contribution < -0.4 is 0 Å². The van der Waals surface area contributed by atoms with Crippen molar-refractivity contribution in [3.05, 3.63) is 45.8 Å². The van der Waals surface area contributed by atoms with Crippen LogP contribution in [0, 0.1) is 13.8 Å². The predicted molar refractivity (Wildman–Crippen MR) is 118 cm³/mol. The first-order valence-electron chi connectivity index (χ1n) is 10.8. The molecule has 0 saturated carbocycles. The van der Waals surface area contributed by atoms with E-state index in [-0.39, 0.29) is 5.41 Å². The van der Waals surface area contributed by atoms with Gasteiger partial charge >= 0.3 is 0 Å². The highest BCUT2D eigenvalue weighted by Crippen LogP contribution is 2.57. The first-order chi connectivity index (χ1) is 12.6. The van der Waals surface area contributed by atoms with Gasteiger partial charge in [0.05, 0.1) is 0 Å². The van der Waals surface area contributed by atoms with Crippen LogP contribution in [-0.4, -0.2) is 0 Å². The molecule has 1 aromatic heterocycles. The summed E-state index contributed by atoms with van der Waals surface area (Å²) in [5.74, 6) is 0. The van der Waals surface area contributed by atoms with Gasteiger partial charge in [-0.2, -0.15) is 0 Å². The van der Waals surface area contributed by atoms with Crippen molar-refractivity contribution in [2.45, 2.75) is 97.3 Å². The third-order valence-corrected chi connectivity index (χ3v) is 7.30. The van der Waals surface area contributed by atoms with Crippen molar-refractivity contribution in [3.63, 3.8) is 0 Å². The van der Waals surface area contributed by atoms with Crippen LogP contribution >= 0.6 is 11.3 Å². The number of fused-ring (bicyclic) bond motifs is 3. The molecule has 0 aliphatic heterocycles. The Labute approximate surface area is 165 Å². The molecular weight excluding hydrogens is 332 g/mol. The number of thiophene rings is 1. The van der Waals surface area contributed by atoms with E-state index in [2.05, 4.69) is 52.0 Å². The Morgan fingerprint density at radius 1 is 0.769 bits per heavy atom. The predicted octanol–water partition coefficient (Wildman–Crippen LogP) is 8.57. The smallest absolute Gasteiger partial charge is 0.0389 e. The summed E-state index contributed by atoms with van der Waals surface area (Å²) in [4.78, 5) is 3.05. The van der Waals surface area contributed by atoms with Gasteiger partial charge in [0, 0.05) is 15.2 Å². The molecule has 0 radical (unpaired) electrons. The zero-order valence-corrected chi connectivity index (χ0v) is 18.1. The molecule has 0 spiro atoms. The first-order valence-corrected chi connectivity index (χ1v) is 11.7. The summed E-state index contributed by atoms with van der Waals surface area (Å²) in [5.41, 5.74) is 6.54. The fourth-order valence-corrected chi connectivity index (χ4v) is 5.99. The number of benzene rings is 1. The van der Waals surface area contributed by atoms with Crippen LogP contribution in [0.25, 0.3) is 10.4 Å². The molecule has 26 heavy (non-hydrogen) atoms. The number of rotatable bonds is 10. The molecule has 0 bridgehead atoms. The van der Waals surface area contributed by atoms with Crippen LogP contribution in [0.15, 0.2) is 24.3 Å². The van der Waals surface area contributed by atoms with E-state index in [0.717, 1.165) is 0 Å². The van der Waals surface area contributed by atoms with Gasteiger partial charge in [-0.3, -0.25) is 0 Å². The van der Waals surface area contributed by atoms with E-state index in [4.69, 9.17) is 0 Å². The van der Waals surface area contributed by atoms with Gasteiger partial charge in [-0.25, -0.2) is 0 Å². The number of hydrogen-bond donors (Lipinski definition) is 0. The Kier molecular flexibility index (Phi) is 6.61. The summed E-state index contributed by atoms with van der Waals surface area (Å²) in [6, 6.07) is 9.74. The molecule has 0 amide bonds. The van der Waals surface area contributed by atoms with E-state index in [1.54, 1.807) is 16.0 Å². The molecule has 1 aromatic carbocycles. The van der Waals surface area contributed by atoms with E-state index in [1.807, 2.05) is 11.3 Å². The van der Waals surface area contributed by atoms with Gasteiger partial charge in [0.1, 0.15) is 0 Å². The minimum atomic E-state index is 0.281. The van der Waals surface area contributed by atoms with Crippen LogP contribution in [0.4, 0.5) is 0 Å². The lowest BCUT2D eigenvalue weighted by Crippen LogP contribution is -2.25. The summed E-state index contributed by atoms with van der Waals surface area (Å²) in [7, 11) is 0. The highest BCUT2D eigenvalue weighted by Gasteiger charge is 2.43. The Hall–Kier alpha value is -1.08. The average Bonchev–Trinajstić information content (AvgIpc) is 3.11. The number of hydrogen-bond acceptors (Lipinski definition) is 1. The van der Waals surface area contributed by atoms with Gasteiger partial charge in [0.25, 0.3) is 0 Å². The molecule has 0 fully saturated rings. The molecule has 0 N–H and O–H groups in total. The summed E-state index contributed by atoms with van der Waals surface area (Å²) in [6.07, 6.45) is 13.6. The van der Waals surface area contributed by atoms with Crippen molar-refractivity contribution < 1.29 is 0 Å². The highest BCUT2D eigenvalue weighted by atomic mass is 32.1. The lowest BCUT2D eigenvalue weighted by molar-refractivity contribution is 0.401. The molecule has 0 nitrogen and oxygen atoms in total. The van der Waals surface area contributed by atoms with Crippen LogP contribution in [0.1, 0.15) is 99.6 Å². The molecule has 3 rings (SSSR count). The summed E-state index contributed by atoms with van der Waals surface area (Å²) in [6.45, 7) is 9.18. The van der Waals surface area contributed by atoms with Crippen LogP contribution in [0.2, 0.25) is 0 Å². The van der Waals surface area contributed by atoms with E-state index in [1.165, 1.54) is 80.2 Å². The van der Waals surface area contributed by atoms with Gasteiger partial charge in [0.2, 0.25) is 0 Å². The van der Waals surface area contributed by atoms with Gasteiger partial charge in [-0.15, -0.1) is 11.3 Å². The lowest BCUT2D eigenvalue weighted by atomic mass is 9.70. The zero-order chi connectivity index (χ0) is 18.6. The Balaban J connectivity index is 1.98. The van der Waals surface area contributed by atoms with E-state index < -0.39 is 0 Å². The Morgan fingerprint density at radius 2 is 1.42 bits per heavy atom. The van der Waals surface area contributed by atoms with Crippen LogP contribution in [0.3, 0.4) is 0 Å². The van der Waals surface area contributed by atoms with Crippen LogP contribution in [0.5, 0.6) is 0 Å². The maximum absolute atomic E-state index is 2.52. The summed E-state index contributed by atoms with van der Waals surface area (Å²) >= 11 is 2.02. The molecule has 0 saturated heterocycles. The zero-order valence-electron chi connectivity index (χ0n) is 17.3. The molecule has 1 aliphatic carbocycles. The molecule has 1 heteroatoms. The normalized spacial score (nSPS) is 14.5. The topological polar surface area (TPSA) is 0 Å². The quantitative estimate of drug-likeness (QED) is 0.368. The molecular formula is C25H36S. The number of unbranched alkanes of at least 4 members (excludes halogenated alkanes) is 6. The Morgan fingerprint density at radius 3 is 2.04 bits per heavy atom. The van der Waals surface area contributed by atoms with Crippen molar-refractivity contribution in [1.29, 1.82) is 0 Å². The summed E-state index contributed by atoms with van der Waals surface area (Å²) < 4.78 is 0. The van der Waals surface area contributed by atoms with Crippen molar-refractivity contribution in [3.8, 4) is 10.4 Å². The minimum Gasteiger partial charge on any atom is -0.140 e.